The average molecular weight is 456 g/mol. The van der Waals surface area contributed by atoms with E-state index in [9.17, 15) is 8.42 Å². The lowest BCUT2D eigenvalue weighted by molar-refractivity contribution is 0.337. The van der Waals surface area contributed by atoms with Crippen molar-refractivity contribution < 1.29 is 17.5 Å². The molecule has 0 aliphatic heterocycles. The molecule has 0 spiro atoms. The molecule has 0 amide bonds. The van der Waals surface area contributed by atoms with Crippen LogP contribution in [-0.2, 0) is 17.1 Å². The third kappa shape index (κ3) is 3.73. The van der Waals surface area contributed by atoms with Crippen molar-refractivity contribution in [2.75, 3.05) is 17.1 Å². The van der Waals surface area contributed by atoms with Gasteiger partial charge in [0.2, 0.25) is 0 Å². The van der Waals surface area contributed by atoms with Crippen LogP contribution in [0.25, 0.3) is 22.2 Å². The number of benzene rings is 2. The molecule has 3 N–H and O–H groups in total. The lowest BCUT2D eigenvalue weighted by atomic mass is 10.0. The lowest BCUT2D eigenvalue weighted by Crippen LogP contribution is -2.14. The van der Waals surface area contributed by atoms with Gasteiger partial charge in [-0.15, -0.1) is 0 Å². The maximum Gasteiger partial charge on any atom is 0.262 e. The molecular formula is C22H22FN5O3S. The molecule has 32 heavy (non-hydrogen) atoms. The maximum atomic E-state index is 15.5. The van der Waals surface area contributed by atoms with Crippen LogP contribution in [0.3, 0.4) is 0 Å². The molecule has 0 saturated heterocycles. The molecule has 0 fully saturated rings. The van der Waals surface area contributed by atoms with Gasteiger partial charge in [-0.25, -0.2) is 22.8 Å². The van der Waals surface area contributed by atoms with E-state index in [4.69, 9.17) is 10.5 Å². The topological polar surface area (TPSA) is 112 Å². The highest BCUT2D eigenvalue weighted by Crippen LogP contribution is 2.36. The van der Waals surface area contributed by atoms with Gasteiger partial charge in [0.15, 0.2) is 5.82 Å². The zero-order chi connectivity index (χ0) is 23.0. The van der Waals surface area contributed by atoms with Crippen molar-refractivity contribution in [3.63, 3.8) is 0 Å². The number of aromatic nitrogens is 3. The number of hydrogen-bond donors (Lipinski definition) is 2. The second-order valence-corrected chi connectivity index (χ2v) is 8.93. The highest BCUT2D eigenvalue weighted by molar-refractivity contribution is 7.92. The van der Waals surface area contributed by atoms with Crippen LogP contribution < -0.4 is 15.2 Å². The van der Waals surface area contributed by atoms with Crippen LogP contribution >= 0.6 is 0 Å². The summed E-state index contributed by atoms with van der Waals surface area (Å²) in [6.07, 6.45) is 3.02. The molecule has 0 radical (unpaired) electrons. The van der Waals surface area contributed by atoms with Crippen LogP contribution in [0.2, 0.25) is 0 Å². The van der Waals surface area contributed by atoms with Gasteiger partial charge >= 0.3 is 0 Å². The zero-order valence-electron chi connectivity index (χ0n) is 17.8. The molecular weight excluding hydrogens is 433 g/mol. The number of ether oxygens (including phenoxy) is 1. The Balaban J connectivity index is 1.75. The molecule has 166 valence electrons. The molecule has 10 heteroatoms. The summed E-state index contributed by atoms with van der Waals surface area (Å²) in [6, 6.07) is 8.97. The monoisotopic (exact) mass is 455 g/mol. The zero-order valence-corrected chi connectivity index (χ0v) is 18.6. The molecule has 4 aromatic rings. The Hall–Kier alpha value is -3.66. The normalized spacial score (nSPS) is 11.6. The number of anilines is 2. The van der Waals surface area contributed by atoms with Crippen molar-refractivity contribution in [2.24, 2.45) is 7.05 Å². The van der Waals surface area contributed by atoms with Crippen LogP contribution in [0, 0.1) is 12.7 Å². The van der Waals surface area contributed by atoms with Crippen LogP contribution in [0.4, 0.5) is 15.9 Å². The summed E-state index contributed by atoms with van der Waals surface area (Å²) >= 11 is 0. The van der Waals surface area contributed by atoms with E-state index in [1.54, 1.807) is 42.9 Å². The average Bonchev–Trinajstić information content (AvgIpc) is 3.09. The highest BCUT2D eigenvalue weighted by Gasteiger charge is 2.22. The van der Waals surface area contributed by atoms with Crippen LogP contribution in [0.15, 0.2) is 53.8 Å². The van der Waals surface area contributed by atoms with E-state index in [-0.39, 0.29) is 22.0 Å². The fraction of sp³-hybridized carbons (Fsp3) is 0.182. The fourth-order valence-electron chi connectivity index (χ4n) is 3.57. The molecule has 0 atom stereocenters. The summed E-state index contributed by atoms with van der Waals surface area (Å²) < 4.78 is 50.9. The second-order valence-electron chi connectivity index (χ2n) is 7.24. The van der Waals surface area contributed by atoms with Gasteiger partial charge < -0.3 is 15.0 Å². The largest absolute Gasteiger partial charge is 0.494 e. The molecule has 0 aliphatic rings. The number of halogens is 1. The Morgan fingerprint density at radius 1 is 1.19 bits per heavy atom. The Labute approximate surface area is 184 Å². The second kappa shape index (κ2) is 8.12. The molecule has 0 bridgehead atoms. The molecule has 0 aliphatic carbocycles. The van der Waals surface area contributed by atoms with Crippen molar-refractivity contribution in [2.45, 2.75) is 18.7 Å². The van der Waals surface area contributed by atoms with E-state index < -0.39 is 15.8 Å². The minimum atomic E-state index is -4.03. The fourth-order valence-corrected chi connectivity index (χ4v) is 4.71. The van der Waals surface area contributed by atoms with Gasteiger partial charge in [-0.1, -0.05) is 12.1 Å². The standard InChI is InChI=1S/C22H22FN5O3S/c1-4-31-18-9-8-14(10-13(18)2)32(29,30)27-17-7-5-6-15(20(17)23)16-11-28(3)22-19(16)21(24)25-12-26-22/h5-12,27H,4H2,1-3H3,(H2,24,25,26). The first kappa shape index (κ1) is 21.6. The van der Waals surface area contributed by atoms with Crippen molar-refractivity contribution in [3.05, 3.63) is 60.3 Å². The summed E-state index contributed by atoms with van der Waals surface area (Å²) in [5.74, 6) is 0.0747. The van der Waals surface area contributed by atoms with Gasteiger partial charge in [-0.3, -0.25) is 4.72 Å². The third-order valence-corrected chi connectivity index (χ3v) is 6.44. The summed E-state index contributed by atoms with van der Waals surface area (Å²) in [5.41, 5.74) is 7.69. The van der Waals surface area contributed by atoms with Gasteiger partial charge in [0.05, 0.1) is 22.6 Å². The van der Waals surface area contributed by atoms with Crippen molar-refractivity contribution in [1.82, 2.24) is 14.5 Å². The van der Waals surface area contributed by atoms with Crippen molar-refractivity contribution in [1.29, 1.82) is 0 Å². The highest BCUT2D eigenvalue weighted by atomic mass is 32.2. The number of nitrogens with two attached hydrogens (primary N) is 1. The summed E-state index contributed by atoms with van der Waals surface area (Å²) in [4.78, 5) is 8.20. The number of sulfonamides is 1. The van der Waals surface area contributed by atoms with Crippen LogP contribution in [0.5, 0.6) is 5.75 Å². The number of nitrogens with one attached hydrogen (secondary N) is 1. The van der Waals surface area contributed by atoms with E-state index in [0.29, 0.717) is 34.5 Å². The maximum absolute atomic E-state index is 15.5. The van der Waals surface area contributed by atoms with Gasteiger partial charge in [-0.2, -0.15) is 0 Å². The minimum Gasteiger partial charge on any atom is -0.494 e. The van der Waals surface area contributed by atoms with Crippen molar-refractivity contribution >= 4 is 32.6 Å². The molecule has 2 aromatic carbocycles. The molecule has 4 rings (SSSR count). The van der Waals surface area contributed by atoms with E-state index >= 15 is 4.39 Å². The molecule has 8 nitrogen and oxygen atoms in total. The number of nitrogens with zero attached hydrogens (tertiary/aromatic N) is 3. The number of rotatable bonds is 6. The first-order valence-corrected chi connectivity index (χ1v) is 11.3. The molecule has 0 saturated carbocycles. The lowest BCUT2D eigenvalue weighted by Gasteiger charge is -2.13. The predicted molar refractivity (Wildman–Crippen MR) is 121 cm³/mol. The first-order chi connectivity index (χ1) is 15.2. The predicted octanol–water partition coefficient (Wildman–Crippen LogP) is 3.86. The van der Waals surface area contributed by atoms with Gasteiger partial charge in [0.25, 0.3) is 10.0 Å². The molecule has 2 aromatic heterocycles. The molecule has 2 heterocycles. The Kier molecular flexibility index (Phi) is 5.47. The van der Waals surface area contributed by atoms with E-state index in [1.807, 2.05) is 6.92 Å². The van der Waals surface area contributed by atoms with E-state index in [1.165, 1.54) is 24.5 Å². The van der Waals surface area contributed by atoms with Crippen LogP contribution in [0.1, 0.15) is 12.5 Å². The summed E-state index contributed by atoms with van der Waals surface area (Å²) in [7, 11) is -2.27. The number of hydrogen-bond acceptors (Lipinski definition) is 6. The van der Waals surface area contributed by atoms with Crippen LogP contribution in [-0.4, -0.2) is 29.6 Å². The Bertz CT molecular complexity index is 1430. The Morgan fingerprint density at radius 2 is 1.97 bits per heavy atom. The number of aryl methyl sites for hydroxylation is 2. The molecule has 0 unspecified atom stereocenters. The summed E-state index contributed by atoms with van der Waals surface area (Å²) in [6.45, 7) is 4.06. The third-order valence-electron chi connectivity index (χ3n) is 5.07. The SMILES string of the molecule is CCOc1ccc(S(=O)(=O)Nc2cccc(-c3cn(C)c4ncnc(N)c34)c2F)cc1C. The van der Waals surface area contributed by atoms with Gasteiger partial charge in [0.1, 0.15) is 23.5 Å². The minimum absolute atomic E-state index is 0.00561. The number of fused-ring (bicyclic) bond motifs is 1. The first-order valence-electron chi connectivity index (χ1n) is 9.83. The quantitative estimate of drug-likeness (QED) is 0.457. The summed E-state index contributed by atoms with van der Waals surface area (Å²) in [5, 5.41) is 0.496. The van der Waals surface area contributed by atoms with E-state index in [2.05, 4.69) is 14.7 Å². The van der Waals surface area contributed by atoms with Gasteiger partial charge in [-0.05, 0) is 43.7 Å². The Morgan fingerprint density at radius 3 is 2.69 bits per heavy atom. The van der Waals surface area contributed by atoms with E-state index in [0.717, 1.165) is 0 Å². The van der Waals surface area contributed by atoms with Gasteiger partial charge in [0, 0.05) is 24.4 Å². The number of nitrogen functional groups attached to an aromatic ring is 1. The van der Waals surface area contributed by atoms with Crippen molar-refractivity contribution in [3.8, 4) is 16.9 Å². The smallest absolute Gasteiger partial charge is 0.262 e.